The van der Waals surface area contributed by atoms with Crippen molar-refractivity contribution in [3.05, 3.63) is 65.5 Å². The predicted octanol–water partition coefficient (Wildman–Crippen LogP) is 5.03. The van der Waals surface area contributed by atoms with E-state index in [-0.39, 0.29) is 17.7 Å². The molecule has 0 aliphatic rings. The van der Waals surface area contributed by atoms with Crippen molar-refractivity contribution >= 4 is 5.97 Å². The molecule has 0 bridgehead atoms. The summed E-state index contributed by atoms with van der Waals surface area (Å²) in [7, 11) is 0. The highest BCUT2D eigenvalue weighted by Gasteiger charge is 2.33. The zero-order chi connectivity index (χ0) is 17.7. The standard InChI is InChI=1S/C17H14F4O3/c1-2-15(24-17(19,20)21)11-3-5-12(6-4-11)16(22)23-14-9-7-13(18)8-10-14/h3-10,15H,2H2,1H3. The molecule has 1 unspecified atom stereocenters. The van der Waals surface area contributed by atoms with Crippen LogP contribution < -0.4 is 4.74 Å². The molecule has 2 rings (SSSR count). The van der Waals surface area contributed by atoms with E-state index < -0.39 is 24.3 Å². The van der Waals surface area contributed by atoms with Crippen LogP contribution in [0.2, 0.25) is 0 Å². The van der Waals surface area contributed by atoms with Crippen LogP contribution in [-0.4, -0.2) is 12.3 Å². The van der Waals surface area contributed by atoms with Crippen molar-refractivity contribution in [2.75, 3.05) is 0 Å². The number of hydrogen-bond acceptors (Lipinski definition) is 3. The molecule has 0 radical (unpaired) electrons. The minimum absolute atomic E-state index is 0.124. The van der Waals surface area contributed by atoms with Gasteiger partial charge in [0.2, 0.25) is 0 Å². The van der Waals surface area contributed by atoms with Crippen LogP contribution in [0.15, 0.2) is 48.5 Å². The smallest absolute Gasteiger partial charge is 0.423 e. The Morgan fingerprint density at radius 3 is 2.12 bits per heavy atom. The lowest BCUT2D eigenvalue weighted by atomic mass is 10.1. The summed E-state index contributed by atoms with van der Waals surface area (Å²) in [5, 5.41) is 0. The van der Waals surface area contributed by atoms with Crippen LogP contribution in [0, 0.1) is 5.82 Å². The molecule has 24 heavy (non-hydrogen) atoms. The summed E-state index contributed by atoms with van der Waals surface area (Å²) < 4.78 is 58.9. The molecule has 0 N–H and O–H groups in total. The molecule has 0 saturated carbocycles. The maximum absolute atomic E-state index is 12.8. The molecule has 1 atom stereocenters. The molecule has 0 aromatic heterocycles. The van der Waals surface area contributed by atoms with E-state index in [0.717, 1.165) is 12.1 Å². The molecule has 0 amide bonds. The van der Waals surface area contributed by atoms with Gasteiger partial charge in [0.25, 0.3) is 0 Å². The Morgan fingerprint density at radius 2 is 1.62 bits per heavy atom. The first-order valence-electron chi connectivity index (χ1n) is 7.10. The first-order chi connectivity index (χ1) is 11.3. The summed E-state index contributed by atoms with van der Waals surface area (Å²) in [6, 6.07) is 10.3. The summed E-state index contributed by atoms with van der Waals surface area (Å²) in [5.74, 6) is -0.996. The Morgan fingerprint density at radius 1 is 1.04 bits per heavy atom. The topological polar surface area (TPSA) is 35.5 Å². The number of rotatable bonds is 5. The van der Waals surface area contributed by atoms with Gasteiger partial charge in [-0.05, 0) is 48.4 Å². The van der Waals surface area contributed by atoms with Gasteiger partial charge < -0.3 is 4.74 Å². The molecule has 0 heterocycles. The third-order valence-electron chi connectivity index (χ3n) is 3.19. The number of hydrogen-bond donors (Lipinski definition) is 0. The summed E-state index contributed by atoms with van der Waals surface area (Å²) in [4.78, 5) is 12.0. The lowest BCUT2D eigenvalue weighted by Crippen LogP contribution is -2.18. The number of halogens is 4. The molecule has 3 nitrogen and oxygen atoms in total. The zero-order valence-electron chi connectivity index (χ0n) is 12.6. The number of esters is 1. The summed E-state index contributed by atoms with van der Waals surface area (Å²) in [5.41, 5.74) is 0.457. The van der Waals surface area contributed by atoms with E-state index in [1.807, 2.05) is 0 Å². The molecular weight excluding hydrogens is 328 g/mol. The molecule has 0 aliphatic heterocycles. The van der Waals surface area contributed by atoms with E-state index in [9.17, 15) is 22.4 Å². The van der Waals surface area contributed by atoms with Gasteiger partial charge in [-0.15, -0.1) is 13.2 Å². The van der Waals surface area contributed by atoms with E-state index in [1.165, 1.54) is 36.4 Å². The van der Waals surface area contributed by atoms with E-state index in [1.54, 1.807) is 6.92 Å². The van der Waals surface area contributed by atoms with Crippen LogP contribution in [0.3, 0.4) is 0 Å². The molecule has 2 aromatic rings. The van der Waals surface area contributed by atoms with Crippen LogP contribution >= 0.6 is 0 Å². The van der Waals surface area contributed by atoms with E-state index in [0.29, 0.717) is 5.56 Å². The predicted molar refractivity (Wildman–Crippen MR) is 78.0 cm³/mol. The highest BCUT2D eigenvalue weighted by atomic mass is 19.4. The lowest BCUT2D eigenvalue weighted by Gasteiger charge is -2.18. The van der Waals surface area contributed by atoms with Gasteiger partial charge in [0, 0.05) is 0 Å². The fraction of sp³-hybridized carbons (Fsp3) is 0.235. The van der Waals surface area contributed by atoms with Crippen LogP contribution in [0.25, 0.3) is 0 Å². The first-order valence-corrected chi connectivity index (χ1v) is 7.10. The molecule has 0 fully saturated rings. The Hall–Kier alpha value is -2.41. The van der Waals surface area contributed by atoms with Crippen LogP contribution in [0.4, 0.5) is 17.6 Å². The quantitative estimate of drug-likeness (QED) is 0.434. The van der Waals surface area contributed by atoms with Crippen molar-refractivity contribution in [2.45, 2.75) is 25.8 Å². The number of benzene rings is 2. The summed E-state index contributed by atoms with van der Waals surface area (Å²) in [6.07, 6.45) is -5.76. The van der Waals surface area contributed by atoms with E-state index in [2.05, 4.69) is 4.74 Å². The maximum Gasteiger partial charge on any atom is 0.523 e. The van der Waals surface area contributed by atoms with Gasteiger partial charge in [-0.2, -0.15) is 0 Å². The van der Waals surface area contributed by atoms with Crippen molar-refractivity contribution in [2.24, 2.45) is 0 Å². The minimum Gasteiger partial charge on any atom is -0.423 e. The average molecular weight is 342 g/mol. The Kier molecular flexibility index (Phi) is 5.56. The van der Waals surface area contributed by atoms with Crippen molar-refractivity contribution in [1.29, 1.82) is 0 Å². The van der Waals surface area contributed by atoms with Gasteiger partial charge in [-0.3, -0.25) is 4.74 Å². The second-order valence-corrected chi connectivity index (χ2v) is 4.93. The second-order valence-electron chi connectivity index (χ2n) is 4.93. The summed E-state index contributed by atoms with van der Waals surface area (Å²) in [6.45, 7) is 1.56. The largest absolute Gasteiger partial charge is 0.523 e. The Labute approximate surface area is 135 Å². The first kappa shape index (κ1) is 17.9. The molecule has 7 heteroatoms. The minimum atomic E-state index is -4.74. The van der Waals surface area contributed by atoms with Crippen LogP contribution in [-0.2, 0) is 4.74 Å². The Bertz CT molecular complexity index is 678. The monoisotopic (exact) mass is 342 g/mol. The summed E-state index contributed by atoms with van der Waals surface area (Å²) >= 11 is 0. The zero-order valence-corrected chi connectivity index (χ0v) is 12.6. The number of carbonyl (C=O) groups excluding carboxylic acids is 1. The van der Waals surface area contributed by atoms with Gasteiger partial charge in [-0.1, -0.05) is 19.1 Å². The van der Waals surface area contributed by atoms with Gasteiger partial charge in [0.15, 0.2) is 0 Å². The fourth-order valence-electron chi connectivity index (χ4n) is 2.05. The number of carbonyl (C=O) groups is 1. The van der Waals surface area contributed by atoms with Gasteiger partial charge in [0.1, 0.15) is 11.6 Å². The van der Waals surface area contributed by atoms with Crippen LogP contribution in [0.5, 0.6) is 5.75 Å². The highest BCUT2D eigenvalue weighted by Crippen LogP contribution is 2.30. The number of alkyl halides is 3. The normalized spacial score (nSPS) is 12.7. The maximum atomic E-state index is 12.8. The molecule has 0 spiro atoms. The van der Waals surface area contributed by atoms with Gasteiger partial charge in [0.05, 0.1) is 11.7 Å². The third kappa shape index (κ3) is 5.06. The van der Waals surface area contributed by atoms with E-state index in [4.69, 9.17) is 4.74 Å². The molecule has 128 valence electrons. The third-order valence-corrected chi connectivity index (χ3v) is 3.19. The van der Waals surface area contributed by atoms with Gasteiger partial charge >= 0.3 is 12.3 Å². The van der Waals surface area contributed by atoms with Gasteiger partial charge in [-0.25, -0.2) is 9.18 Å². The molecule has 0 saturated heterocycles. The SMILES string of the molecule is CCC(OC(F)(F)F)c1ccc(C(=O)Oc2ccc(F)cc2)cc1. The fourth-order valence-corrected chi connectivity index (χ4v) is 2.05. The van der Waals surface area contributed by atoms with Crippen molar-refractivity contribution in [3.63, 3.8) is 0 Å². The molecule has 0 aliphatic carbocycles. The van der Waals surface area contributed by atoms with Crippen LogP contribution in [0.1, 0.15) is 35.4 Å². The highest BCUT2D eigenvalue weighted by molar-refractivity contribution is 5.91. The lowest BCUT2D eigenvalue weighted by molar-refractivity contribution is -0.345. The molecule has 2 aromatic carbocycles. The number of ether oxygens (including phenoxy) is 2. The van der Waals surface area contributed by atoms with Crippen molar-refractivity contribution in [1.82, 2.24) is 0 Å². The van der Waals surface area contributed by atoms with E-state index >= 15 is 0 Å². The average Bonchev–Trinajstić information content (AvgIpc) is 2.54. The van der Waals surface area contributed by atoms with Crippen molar-refractivity contribution in [3.8, 4) is 5.75 Å². The Balaban J connectivity index is 2.07. The molecular formula is C17H14F4O3. The van der Waals surface area contributed by atoms with Crippen molar-refractivity contribution < 1.29 is 31.8 Å². The second kappa shape index (κ2) is 7.44.